The summed E-state index contributed by atoms with van der Waals surface area (Å²) in [7, 11) is 0. The third-order valence-corrected chi connectivity index (χ3v) is 3.94. The number of nitrogens with zero attached hydrogens (tertiary/aromatic N) is 2. The summed E-state index contributed by atoms with van der Waals surface area (Å²) in [6.45, 7) is 1.21. The van der Waals surface area contributed by atoms with Gasteiger partial charge in [0, 0.05) is 36.5 Å². The van der Waals surface area contributed by atoms with E-state index in [1.165, 1.54) is 30.5 Å². The number of carbonyl (C=O) groups is 1. The molecule has 1 aromatic heterocycles. The Balaban J connectivity index is 1.76. The Labute approximate surface area is 126 Å². The van der Waals surface area contributed by atoms with E-state index in [-0.39, 0.29) is 23.3 Å². The standard InChI is InChI=1S/C16H16FN3O2/c17-13-5-3-11(4-6-13)15(21)20-9-1-2-12(10-20)14-7-8-18-16(22)19-14/h3-8,12H,1-2,9-10H2,(H,18,19,22). The summed E-state index contributed by atoms with van der Waals surface area (Å²) in [5, 5.41) is 0. The zero-order chi connectivity index (χ0) is 15.5. The minimum Gasteiger partial charge on any atom is -0.338 e. The van der Waals surface area contributed by atoms with E-state index in [1.807, 2.05) is 0 Å². The second-order valence-corrected chi connectivity index (χ2v) is 5.43. The van der Waals surface area contributed by atoms with Gasteiger partial charge in [-0.3, -0.25) is 4.79 Å². The van der Waals surface area contributed by atoms with Crippen molar-refractivity contribution in [2.24, 2.45) is 0 Å². The van der Waals surface area contributed by atoms with Crippen LogP contribution in [0.1, 0.15) is 34.8 Å². The van der Waals surface area contributed by atoms with Crippen LogP contribution in [0.3, 0.4) is 0 Å². The average molecular weight is 301 g/mol. The highest BCUT2D eigenvalue weighted by molar-refractivity contribution is 5.94. The lowest BCUT2D eigenvalue weighted by atomic mass is 9.94. The molecule has 1 fully saturated rings. The number of aromatic amines is 1. The van der Waals surface area contributed by atoms with Crippen molar-refractivity contribution in [3.05, 3.63) is 64.1 Å². The lowest BCUT2D eigenvalue weighted by Crippen LogP contribution is -2.39. The summed E-state index contributed by atoms with van der Waals surface area (Å²) in [6, 6.07) is 7.34. The van der Waals surface area contributed by atoms with Crippen LogP contribution < -0.4 is 5.69 Å². The molecule has 0 saturated carbocycles. The Hall–Kier alpha value is -2.50. The highest BCUT2D eigenvalue weighted by Crippen LogP contribution is 2.25. The van der Waals surface area contributed by atoms with Gasteiger partial charge in [0.2, 0.25) is 0 Å². The van der Waals surface area contributed by atoms with Crippen molar-refractivity contribution < 1.29 is 9.18 Å². The maximum absolute atomic E-state index is 12.9. The molecule has 1 amide bonds. The van der Waals surface area contributed by atoms with E-state index in [9.17, 15) is 14.0 Å². The molecule has 1 aliphatic rings. The van der Waals surface area contributed by atoms with Gasteiger partial charge in [-0.1, -0.05) is 0 Å². The average Bonchev–Trinajstić information content (AvgIpc) is 2.55. The Morgan fingerprint density at radius 3 is 2.77 bits per heavy atom. The highest BCUT2D eigenvalue weighted by Gasteiger charge is 2.26. The van der Waals surface area contributed by atoms with Gasteiger partial charge < -0.3 is 9.88 Å². The number of halogens is 1. The third-order valence-electron chi connectivity index (χ3n) is 3.94. The minimum atomic E-state index is -0.375. The van der Waals surface area contributed by atoms with E-state index in [1.54, 1.807) is 11.0 Å². The number of piperidine rings is 1. The molecular weight excluding hydrogens is 285 g/mol. The van der Waals surface area contributed by atoms with Gasteiger partial charge in [0.15, 0.2) is 0 Å². The predicted octanol–water partition coefficient (Wildman–Crippen LogP) is 1.93. The van der Waals surface area contributed by atoms with Gasteiger partial charge in [0.1, 0.15) is 5.82 Å². The number of hydrogen-bond donors (Lipinski definition) is 1. The first-order valence-corrected chi connectivity index (χ1v) is 7.23. The topological polar surface area (TPSA) is 66.1 Å². The minimum absolute atomic E-state index is 0.0915. The molecule has 3 rings (SSSR count). The first-order valence-electron chi connectivity index (χ1n) is 7.23. The first-order chi connectivity index (χ1) is 10.6. The molecule has 6 heteroatoms. The summed E-state index contributed by atoms with van der Waals surface area (Å²) in [5.74, 6) is -0.377. The van der Waals surface area contributed by atoms with Crippen molar-refractivity contribution in [3.8, 4) is 0 Å². The second-order valence-electron chi connectivity index (χ2n) is 5.43. The predicted molar refractivity (Wildman–Crippen MR) is 79.1 cm³/mol. The van der Waals surface area contributed by atoms with E-state index in [0.29, 0.717) is 18.7 Å². The van der Waals surface area contributed by atoms with E-state index in [2.05, 4.69) is 9.97 Å². The number of hydrogen-bond acceptors (Lipinski definition) is 3. The molecule has 1 saturated heterocycles. The van der Waals surface area contributed by atoms with Gasteiger partial charge in [0.25, 0.3) is 5.91 Å². The van der Waals surface area contributed by atoms with Crippen LogP contribution in [0.25, 0.3) is 0 Å². The van der Waals surface area contributed by atoms with Crippen LogP contribution in [-0.4, -0.2) is 33.9 Å². The number of H-pyrrole nitrogens is 1. The van der Waals surface area contributed by atoms with Crippen molar-refractivity contribution in [2.45, 2.75) is 18.8 Å². The van der Waals surface area contributed by atoms with E-state index in [0.717, 1.165) is 18.5 Å². The van der Waals surface area contributed by atoms with Crippen LogP contribution in [0.2, 0.25) is 0 Å². The fourth-order valence-electron chi connectivity index (χ4n) is 2.81. The van der Waals surface area contributed by atoms with E-state index in [4.69, 9.17) is 0 Å². The molecule has 0 bridgehead atoms. The zero-order valence-corrected chi connectivity index (χ0v) is 12.0. The lowest BCUT2D eigenvalue weighted by Gasteiger charge is -2.32. The van der Waals surface area contributed by atoms with Crippen molar-refractivity contribution in [3.63, 3.8) is 0 Å². The monoisotopic (exact) mass is 301 g/mol. The van der Waals surface area contributed by atoms with Crippen molar-refractivity contribution in [1.82, 2.24) is 14.9 Å². The van der Waals surface area contributed by atoms with Gasteiger partial charge >= 0.3 is 5.69 Å². The van der Waals surface area contributed by atoms with Crippen LogP contribution in [0, 0.1) is 5.82 Å². The first kappa shape index (κ1) is 14.4. The molecule has 1 N–H and O–H groups in total. The molecule has 1 aliphatic heterocycles. The molecule has 1 aromatic carbocycles. The number of nitrogens with one attached hydrogen (secondary N) is 1. The van der Waals surface area contributed by atoms with Gasteiger partial charge in [-0.2, -0.15) is 0 Å². The molecule has 2 aromatic rings. The Morgan fingerprint density at radius 1 is 1.27 bits per heavy atom. The molecule has 1 atom stereocenters. The fourth-order valence-corrected chi connectivity index (χ4v) is 2.81. The van der Waals surface area contributed by atoms with Crippen LogP contribution in [0.4, 0.5) is 4.39 Å². The highest BCUT2D eigenvalue weighted by atomic mass is 19.1. The number of rotatable bonds is 2. The molecular formula is C16H16FN3O2. The Bertz CT molecular complexity index is 727. The largest absolute Gasteiger partial charge is 0.345 e. The maximum Gasteiger partial charge on any atom is 0.345 e. The Morgan fingerprint density at radius 2 is 2.05 bits per heavy atom. The summed E-state index contributed by atoms with van der Waals surface area (Å²) >= 11 is 0. The maximum atomic E-state index is 12.9. The second kappa shape index (κ2) is 6.09. The number of aromatic nitrogens is 2. The molecule has 0 aliphatic carbocycles. The van der Waals surface area contributed by atoms with Crippen molar-refractivity contribution in [2.75, 3.05) is 13.1 Å². The summed E-state index contributed by atoms with van der Waals surface area (Å²) < 4.78 is 12.9. The number of carbonyl (C=O) groups excluding carboxylic acids is 1. The van der Waals surface area contributed by atoms with Crippen LogP contribution in [0.5, 0.6) is 0 Å². The SMILES string of the molecule is O=C(c1ccc(F)cc1)N1CCCC(c2ccnc(=O)[nH]2)C1. The van der Waals surface area contributed by atoms with Crippen LogP contribution in [0.15, 0.2) is 41.3 Å². The number of amides is 1. The van der Waals surface area contributed by atoms with Crippen LogP contribution >= 0.6 is 0 Å². The molecule has 114 valence electrons. The molecule has 5 nitrogen and oxygen atoms in total. The fraction of sp³-hybridized carbons (Fsp3) is 0.312. The molecule has 1 unspecified atom stereocenters. The smallest absolute Gasteiger partial charge is 0.338 e. The summed E-state index contributed by atoms with van der Waals surface area (Å²) in [4.78, 5) is 31.9. The molecule has 22 heavy (non-hydrogen) atoms. The molecule has 0 spiro atoms. The zero-order valence-electron chi connectivity index (χ0n) is 12.0. The Kier molecular flexibility index (Phi) is 4.00. The molecule has 0 radical (unpaired) electrons. The van der Waals surface area contributed by atoms with Gasteiger partial charge in [0.05, 0.1) is 0 Å². The third kappa shape index (κ3) is 3.05. The lowest BCUT2D eigenvalue weighted by molar-refractivity contribution is 0.0706. The summed E-state index contributed by atoms with van der Waals surface area (Å²) in [6.07, 6.45) is 3.25. The number of benzene rings is 1. The van der Waals surface area contributed by atoms with Crippen LogP contribution in [-0.2, 0) is 0 Å². The van der Waals surface area contributed by atoms with Crippen molar-refractivity contribution >= 4 is 5.91 Å². The van der Waals surface area contributed by atoms with Gasteiger partial charge in [-0.05, 0) is 43.2 Å². The quantitative estimate of drug-likeness (QED) is 0.921. The van der Waals surface area contributed by atoms with E-state index >= 15 is 0 Å². The van der Waals surface area contributed by atoms with Crippen molar-refractivity contribution in [1.29, 1.82) is 0 Å². The summed E-state index contributed by atoms with van der Waals surface area (Å²) in [5.41, 5.74) is 0.904. The molecule has 2 heterocycles. The van der Waals surface area contributed by atoms with E-state index < -0.39 is 0 Å². The normalized spacial score (nSPS) is 18.2. The number of likely N-dealkylation sites (tertiary alicyclic amines) is 1. The van der Waals surface area contributed by atoms with Gasteiger partial charge in [-0.15, -0.1) is 0 Å². The van der Waals surface area contributed by atoms with Gasteiger partial charge in [-0.25, -0.2) is 14.2 Å².